The van der Waals surface area contributed by atoms with Crippen LogP contribution in [0.15, 0.2) is 0 Å². The van der Waals surface area contributed by atoms with Gasteiger partial charge in [0.15, 0.2) is 0 Å². The zero-order chi connectivity index (χ0) is 9.26. The summed E-state index contributed by atoms with van der Waals surface area (Å²) >= 11 is 0. The minimum Gasteiger partial charge on any atom is -0.389 e. The predicted octanol–water partition coefficient (Wildman–Crippen LogP) is -1.51. The van der Waals surface area contributed by atoms with Gasteiger partial charge in [-0.15, -0.1) is 0 Å². The first-order valence-electron chi connectivity index (χ1n) is 4.52. The zero-order valence-electron chi connectivity index (χ0n) is 7.39. The summed E-state index contributed by atoms with van der Waals surface area (Å²) in [6, 6.07) is -0.153. The second kappa shape index (κ2) is 3.89. The number of rotatable bonds is 0. The van der Waals surface area contributed by atoms with Gasteiger partial charge in [0.1, 0.15) is 12.2 Å². The Bertz CT molecular complexity index is 162. The van der Waals surface area contributed by atoms with E-state index in [1.54, 1.807) is 0 Å². The average Bonchev–Trinajstić information content (AvgIpc) is 2.53. The maximum atomic E-state index is 8.75. The van der Waals surface area contributed by atoms with E-state index < -0.39 is 6.10 Å². The standard InChI is InChI=1S/C4H9NO2.C4H6O2/c5-3-1-7-2-4(3)6;1-3-4(6-3)2-5-1/h3-4,6H,1-2,5H2;3-4H,1-2H2/t3-,4-;/m1./s1. The van der Waals surface area contributed by atoms with Crippen molar-refractivity contribution in [3.8, 4) is 0 Å². The molecule has 4 atom stereocenters. The van der Waals surface area contributed by atoms with Crippen molar-refractivity contribution in [2.45, 2.75) is 24.4 Å². The lowest BCUT2D eigenvalue weighted by Gasteiger charge is -2.01. The average molecular weight is 189 g/mol. The Morgan fingerprint density at radius 3 is 1.77 bits per heavy atom. The van der Waals surface area contributed by atoms with Crippen molar-refractivity contribution in [3.63, 3.8) is 0 Å². The lowest BCUT2D eigenvalue weighted by molar-refractivity contribution is 0.100. The fourth-order valence-corrected chi connectivity index (χ4v) is 1.33. The summed E-state index contributed by atoms with van der Waals surface area (Å²) in [5.41, 5.74) is 5.30. The zero-order valence-corrected chi connectivity index (χ0v) is 7.39. The van der Waals surface area contributed by atoms with Gasteiger partial charge in [0.05, 0.1) is 38.6 Å². The Kier molecular flexibility index (Phi) is 2.80. The highest BCUT2D eigenvalue weighted by Gasteiger charge is 2.43. The molecule has 0 aliphatic carbocycles. The van der Waals surface area contributed by atoms with Gasteiger partial charge in [0.2, 0.25) is 0 Å². The molecule has 0 amide bonds. The second-order valence-corrected chi connectivity index (χ2v) is 3.52. The largest absolute Gasteiger partial charge is 0.389 e. The van der Waals surface area contributed by atoms with Gasteiger partial charge in [0, 0.05) is 0 Å². The Labute approximate surface area is 76.8 Å². The molecule has 3 N–H and O–H groups in total. The van der Waals surface area contributed by atoms with Crippen molar-refractivity contribution in [2.75, 3.05) is 26.4 Å². The van der Waals surface area contributed by atoms with E-state index in [9.17, 15) is 0 Å². The van der Waals surface area contributed by atoms with Crippen LogP contribution in [0.4, 0.5) is 0 Å². The topological polar surface area (TPSA) is 77.2 Å². The third kappa shape index (κ3) is 2.38. The lowest BCUT2D eigenvalue weighted by Crippen LogP contribution is -2.32. The Hall–Kier alpha value is -0.200. The molecule has 0 saturated carbocycles. The van der Waals surface area contributed by atoms with Crippen molar-refractivity contribution in [1.82, 2.24) is 0 Å². The molecule has 76 valence electrons. The quantitative estimate of drug-likeness (QED) is 0.453. The SMILES string of the molecule is C1OCC2OC12.N[C@@H]1COC[C@H]1O. The van der Waals surface area contributed by atoms with E-state index >= 15 is 0 Å². The fraction of sp³-hybridized carbons (Fsp3) is 1.00. The third-order valence-electron chi connectivity index (χ3n) is 2.35. The van der Waals surface area contributed by atoms with Gasteiger partial charge in [-0.2, -0.15) is 0 Å². The maximum Gasteiger partial charge on any atom is 0.110 e. The molecule has 5 heteroatoms. The first-order valence-corrected chi connectivity index (χ1v) is 4.52. The number of hydrogen-bond donors (Lipinski definition) is 2. The molecule has 0 aromatic carbocycles. The molecular weight excluding hydrogens is 174 g/mol. The van der Waals surface area contributed by atoms with Crippen molar-refractivity contribution < 1.29 is 19.3 Å². The summed E-state index contributed by atoms with van der Waals surface area (Å²) in [4.78, 5) is 0. The fourth-order valence-electron chi connectivity index (χ4n) is 1.33. The molecule has 3 fully saturated rings. The smallest absolute Gasteiger partial charge is 0.110 e. The highest BCUT2D eigenvalue weighted by Crippen LogP contribution is 2.27. The molecule has 2 unspecified atom stereocenters. The summed E-state index contributed by atoms with van der Waals surface area (Å²) < 4.78 is 14.8. The van der Waals surface area contributed by atoms with Crippen LogP contribution in [0.1, 0.15) is 0 Å². The number of nitrogens with two attached hydrogens (primary N) is 1. The predicted molar refractivity (Wildman–Crippen MR) is 44.3 cm³/mol. The van der Waals surface area contributed by atoms with Gasteiger partial charge in [-0.3, -0.25) is 0 Å². The number of ether oxygens (including phenoxy) is 3. The molecule has 3 aliphatic rings. The normalized spacial score (nSPS) is 46.6. The van der Waals surface area contributed by atoms with E-state index in [0.29, 0.717) is 25.4 Å². The van der Waals surface area contributed by atoms with Crippen LogP contribution >= 0.6 is 0 Å². The summed E-state index contributed by atoms with van der Waals surface area (Å²) in [5, 5.41) is 8.75. The molecule has 0 bridgehead atoms. The van der Waals surface area contributed by atoms with Gasteiger partial charge in [-0.05, 0) is 0 Å². The van der Waals surface area contributed by atoms with Crippen molar-refractivity contribution in [3.05, 3.63) is 0 Å². The first kappa shape index (κ1) is 9.36. The number of epoxide rings is 1. The van der Waals surface area contributed by atoms with Crippen LogP contribution in [0.25, 0.3) is 0 Å². The summed E-state index contributed by atoms with van der Waals surface area (Å²) in [6.07, 6.45) is 0.551. The molecule has 3 saturated heterocycles. The molecule has 3 heterocycles. The van der Waals surface area contributed by atoms with E-state index in [-0.39, 0.29) is 6.04 Å². The van der Waals surface area contributed by atoms with Crippen molar-refractivity contribution >= 4 is 0 Å². The van der Waals surface area contributed by atoms with Crippen molar-refractivity contribution in [2.24, 2.45) is 5.73 Å². The lowest BCUT2D eigenvalue weighted by atomic mass is 10.2. The molecule has 0 radical (unpaired) electrons. The highest BCUT2D eigenvalue weighted by atomic mass is 16.7. The Morgan fingerprint density at radius 1 is 1.00 bits per heavy atom. The van der Waals surface area contributed by atoms with Crippen LogP contribution in [0.5, 0.6) is 0 Å². The van der Waals surface area contributed by atoms with Crippen LogP contribution in [0, 0.1) is 0 Å². The van der Waals surface area contributed by atoms with Crippen LogP contribution in [-0.4, -0.2) is 55.9 Å². The molecule has 3 aliphatic heterocycles. The summed E-state index contributed by atoms with van der Waals surface area (Å²) in [5.74, 6) is 0. The van der Waals surface area contributed by atoms with E-state index in [4.69, 9.17) is 25.1 Å². The number of aliphatic hydroxyl groups is 1. The molecule has 13 heavy (non-hydrogen) atoms. The van der Waals surface area contributed by atoms with E-state index in [0.717, 1.165) is 13.2 Å². The van der Waals surface area contributed by atoms with Gasteiger partial charge < -0.3 is 25.1 Å². The van der Waals surface area contributed by atoms with Gasteiger partial charge in [-0.25, -0.2) is 0 Å². The van der Waals surface area contributed by atoms with Crippen molar-refractivity contribution in [1.29, 1.82) is 0 Å². The summed E-state index contributed by atoms with van der Waals surface area (Å²) in [6.45, 7) is 2.58. The number of fused-ring (bicyclic) bond motifs is 1. The molecule has 5 nitrogen and oxygen atoms in total. The Morgan fingerprint density at radius 2 is 1.62 bits per heavy atom. The van der Waals surface area contributed by atoms with Gasteiger partial charge >= 0.3 is 0 Å². The monoisotopic (exact) mass is 189 g/mol. The third-order valence-corrected chi connectivity index (χ3v) is 2.35. The number of aliphatic hydroxyl groups excluding tert-OH is 1. The highest BCUT2D eigenvalue weighted by molar-refractivity contribution is 4.88. The molecule has 0 aromatic heterocycles. The van der Waals surface area contributed by atoms with E-state index in [1.807, 2.05) is 0 Å². The first-order chi connectivity index (χ1) is 6.27. The summed E-state index contributed by atoms with van der Waals surface area (Å²) in [7, 11) is 0. The Balaban J connectivity index is 0.000000101. The minimum atomic E-state index is -0.431. The minimum absolute atomic E-state index is 0.153. The number of hydrogen-bond acceptors (Lipinski definition) is 5. The second-order valence-electron chi connectivity index (χ2n) is 3.52. The van der Waals surface area contributed by atoms with E-state index in [1.165, 1.54) is 0 Å². The molecule has 0 aromatic rings. The molecular formula is C8H15NO4. The van der Waals surface area contributed by atoms with Crippen LogP contribution in [-0.2, 0) is 14.2 Å². The molecule has 0 spiro atoms. The maximum absolute atomic E-state index is 8.75. The van der Waals surface area contributed by atoms with Crippen LogP contribution < -0.4 is 5.73 Å². The van der Waals surface area contributed by atoms with Crippen LogP contribution in [0.3, 0.4) is 0 Å². The van der Waals surface area contributed by atoms with Gasteiger partial charge in [0.25, 0.3) is 0 Å². The van der Waals surface area contributed by atoms with Crippen LogP contribution in [0.2, 0.25) is 0 Å². The molecule has 3 rings (SSSR count). The van der Waals surface area contributed by atoms with E-state index in [2.05, 4.69) is 0 Å². The van der Waals surface area contributed by atoms with Gasteiger partial charge in [-0.1, -0.05) is 0 Å².